The van der Waals surface area contributed by atoms with E-state index in [-0.39, 0.29) is 5.91 Å². The Labute approximate surface area is 259 Å². The lowest BCUT2D eigenvalue weighted by atomic mass is 10.0. The molecule has 12 heteroatoms. The first kappa shape index (κ1) is 29.7. The molecule has 0 bridgehead atoms. The number of hydrogen-bond acceptors (Lipinski definition) is 8. The van der Waals surface area contributed by atoms with Crippen LogP contribution in [0.1, 0.15) is 21.8 Å². The average Bonchev–Trinajstić information content (AvgIpc) is 3.38. The Balaban J connectivity index is 1.27. The van der Waals surface area contributed by atoms with Crippen LogP contribution in [0.2, 0.25) is 0 Å². The average molecular weight is 610 g/mol. The molecular weight excluding hydrogens is 577 g/mol. The van der Waals surface area contributed by atoms with Crippen LogP contribution in [-0.4, -0.2) is 72.4 Å². The largest absolute Gasteiger partial charge is 0.378 e. The Kier molecular flexibility index (Phi) is 8.14. The van der Waals surface area contributed by atoms with Crippen LogP contribution in [-0.2, 0) is 4.74 Å². The zero-order valence-corrected chi connectivity index (χ0v) is 25.3. The van der Waals surface area contributed by atoms with Crippen LogP contribution in [0, 0.1) is 19.7 Å². The van der Waals surface area contributed by atoms with Crippen LogP contribution >= 0.6 is 0 Å². The van der Waals surface area contributed by atoms with E-state index >= 15 is 4.39 Å². The van der Waals surface area contributed by atoms with E-state index < -0.39 is 11.8 Å². The van der Waals surface area contributed by atoms with Gasteiger partial charge in [-0.3, -0.25) is 4.79 Å². The van der Waals surface area contributed by atoms with E-state index in [9.17, 15) is 9.59 Å². The summed E-state index contributed by atoms with van der Waals surface area (Å²) in [5, 5.41) is 10.2. The molecule has 3 heterocycles. The smallest absolute Gasteiger partial charge is 0.323 e. The first-order chi connectivity index (χ1) is 21.7. The molecule has 3 amide bonds. The van der Waals surface area contributed by atoms with Gasteiger partial charge < -0.3 is 29.7 Å². The molecule has 1 saturated heterocycles. The molecule has 230 valence electrons. The van der Waals surface area contributed by atoms with E-state index in [1.165, 1.54) is 11.0 Å². The molecular formula is C33H32FN7O4. The van der Waals surface area contributed by atoms with Crippen LogP contribution in [0.5, 0.6) is 0 Å². The van der Waals surface area contributed by atoms with E-state index in [0.29, 0.717) is 88.4 Å². The van der Waals surface area contributed by atoms with Gasteiger partial charge in [0.2, 0.25) is 0 Å². The second-order valence-corrected chi connectivity index (χ2v) is 11.0. The van der Waals surface area contributed by atoms with Crippen LogP contribution in [0.25, 0.3) is 33.4 Å². The van der Waals surface area contributed by atoms with E-state index in [1.54, 1.807) is 70.4 Å². The maximum atomic E-state index is 15.6. The number of fused-ring (bicyclic) bond motifs is 1. The molecule has 6 rings (SSSR count). The number of morpholine rings is 1. The van der Waals surface area contributed by atoms with Crippen molar-refractivity contribution in [3.8, 4) is 22.5 Å². The molecule has 0 radical (unpaired) electrons. The quantitative estimate of drug-likeness (QED) is 0.244. The van der Waals surface area contributed by atoms with Gasteiger partial charge in [-0.15, -0.1) is 0 Å². The fraction of sp³-hybridized carbons (Fsp3) is 0.242. The number of hydrogen-bond donors (Lipinski definition) is 2. The summed E-state index contributed by atoms with van der Waals surface area (Å²) < 4.78 is 26.4. The number of ether oxygens (including phenoxy) is 1. The van der Waals surface area contributed by atoms with Crippen molar-refractivity contribution < 1.29 is 23.2 Å². The van der Waals surface area contributed by atoms with E-state index in [4.69, 9.17) is 19.2 Å². The van der Waals surface area contributed by atoms with Crippen molar-refractivity contribution in [2.24, 2.45) is 0 Å². The minimum atomic E-state index is -0.431. The molecule has 45 heavy (non-hydrogen) atoms. The normalized spacial score (nSPS) is 13.1. The van der Waals surface area contributed by atoms with Crippen molar-refractivity contribution in [3.63, 3.8) is 0 Å². The van der Waals surface area contributed by atoms with Crippen LogP contribution < -0.4 is 15.5 Å². The maximum Gasteiger partial charge on any atom is 0.323 e. The Morgan fingerprint density at radius 1 is 0.911 bits per heavy atom. The summed E-state index contributed by atoms with van der Waals surface area (Å²) in [6, 6.07) is 16.6. The zero-order valence-electron chi connectivity index (χ0n) is 25.3. The summed E-state index contributed by atoms with van der Waals surface area (Å²) in [7, 11) is 3.36. The van der Waals surface area contributed by atoms with Crippen LogP contribution in [0.15, 0.2) is 65.2 Å². The van der Waals surface area contributed by atoms with Gasteiger partial charge in [-0.05, 0) is 74.5 Å². The topological polar surface area (TPSA) is 126 Å². The molecule has 11 nitrogen and oxygen atoms in total. The minimum absolute atomic E-state index is 0.119. The molecule has 0 unspecified atom stereocenters. The third kappa shape index (κ3) is 6.18. The highest BCUT2D eigenvalue weighted by atomic mass is 19.1. The number of carbonyl (C=O) groups excluding carboxylic acids is 2. The van der Waals surface area contributed by atoms with Gasteiger partial charge in [-0.1, -0.05) is 5.16 Å². The molecule has 1 aliphatic heterocycles. The lowest BCUT2D eigenvalue weighted by molar-refractivity contribution is 0.0827. The molecule has 0 saturated carbocycles. The van der Waals surface area contributed by atoms with Gasteiger partial charge in [0.25, 0.3) is 5.91 Å². The highest BCUT2D eigenvalue weighted by Gasteiger charge is 2.22. The van der Waals surface area contributed by atoms with Crippen molar-refractivity contribution in [3.05, 3.63) is 83.5 Å². The third-order valence-electron chi connectivity index (χ3n) is 7.57. The second kappa shape index (κ2) is 12.3. The number of amides is 3. The zero-order chi connectivity index (χ0) is 31.7. The number of rotatable bonds is 6. The van der Waals surface area contributed by atoms with Gasteiger partial charge in [0.1, 0.15) is 17.4 Å². The Bertz CT molecular complexity index is 1860. The molecule has 1 fully saturated rings. The third-order valence-corrected chi connectivity index (χ3v) is 7.57. The summed E-state index contributed by atoms with van der Waals surface area (Å²) >= 11 is 0. The van der Waals surface area contributed by atoms with Gasteiger partial charge in [0, 0.05) is 60.6 Å². The molecule has 2 aromatic heterocycles. The van der Waals surface area contributed by atoms with Crippen LogP contribution in [0.4, 0.5) is 26.4 Å². The monoisotopic (exact) mass is 609 g/mol. The number of benzene rings is 3. The van der Waals surface area contributed by atoms with Gasteiger partial charge in [0.05, 0.1) is 30.0 Å². The number of nitrogens with zero attached hydrogens (tertiary/aromatic N) is 5. The number of aryl methyl sites for hydroxylation is 2. The molecule has 1 aliphatic rings. The molecule has 3 aromatic carbocycles. The number of carbonyl (C=O) groups is 2. The summed E-state index contributed by atoms with van der Waals surface area (Å²) in [5.41, 5.74) is 4.51. The van der Waals surface area contributed by atoms with Crippen molar-refractivity contribution >= 4 is 40.0 Å². The fourth-order valence-electron chi connectivity index (χ4n) is 5.29. The van der Waals surface area contributed by atoms with Gasteiger partial charge in [-0.2, -0.15) is 0 Å². The van der Waals surface area contributed by atoms with Gasteiger partial charge in [-0.25, -0.2) is 19.2 Å². The highest BCUT2D eigenvalue weighted by molar-refractivity contribution is 6.01. The van der Waals surface area contributed by atoms with E-state index in [0.717, 1.165) is 5.56 Å². The second-order valence-electron chi connectivity index (χ2n) is 11.0. The van der Waals surface area contributed by atoms with Crippen molar-refractivity contribution in [1.29, 1.82) is 0 Å². The first-order valence-corrected chi connectivity index (χ1v) is 14.5. The molecule has 5 aromatic rings. The maximum absolute atomic E-state index is 15.6. The predicted octanol–water partition coefficient (Wildman–Crippen LogP) is 5.89. The Morgan fingerprint density at radius 3 is 2.16 bits per heavy atom. The lowest BCUT2D eigenvalue weighted by Gasteiger charge is -2.29. The van der Waals surface area contributed by atoms with Gasteiger partial charge in [0.15, 0.2) is 5.82 Å². The SMILES string of the molecule is Cc1noc(C)c1-c1cc2nc(-c3ccc(NC(=O)Nc4ccc(C(=O)N(C)C)cc4)cc3)nc(N3CCOCC3)c2cc1F. The number of anilines is 3. The molecule has 0 aliphatic carbocycles. The van der Waals surface area contributed by atoms with E-state index in [1.807, 2.05) is 12.1 Å². The predicted molar refractivity (Wildman–Crippen MR) is 170 cm³/mol. The summed E-state index contributed by atoms with van der Waals surface area (Å²) in [6.07, 6.45) is 0. The van der Waals surface area contributed by atoms with Crippen molar-refractivity contribution in [1.82, 2.24) is 20.0 Å². The molecule has 0 spiro atoms. The number of urea groups is 1. The van der Waals surface area contributed by atoms with Gasteiger partial charge >= 0.3 is 6.03 Å². The molecule has 0 atom stereocenters. The number of aromatic nitrogens is 3. The minimum Gasteiger partial charge on any atom is -0.378 e. The summed E-state index contributed by atoms with van der Waals surface area (Å²) in [4.78, 5) is 38.0. The number of halogens is 1. The Hall–Kier alpha value is -5.36. The van der Waals surface area contributed by atoms with E-state index in [2.05, 4.69) is 20.7 Å². The molecule has 2 N–H and O–H groups in total. The first-order valence-electron chi connectivity index (χ1n) is 14.5. The van der Waals surface area contributed by atoms with Crippen molar-refractivity contribution in [2.45, 2.75) is 13.8 Å². The Morgan fingerprint density at radius 2 is 1.56 bits per heavy atom. The highest BCUT2D eigenvalue weighted by Crippen LogP contribution is 2.36. The summed E-state index contributed by atoms with van der Waals surface area (Å²) in [6.45, 7) is 5.85. The standard InChI is InChI=1S/C33H32FN7O4/c1-19-29(20(2)45-39-19)25-18-28-26(17-27(25)34)31(41-13-15-44-16-14-41)38-30(37-28)21-5-9-23(10-6-21)35-33(43)36-24-11-7-22(8-12-24)32(42)40(3)4/h5-12,17-18H,13-16H2,1-4H3,(H2,35,36,43). The van der Waals surface area contributed by atoms with Crippen LogP contribution in [0.3, 0.4) is 0 Å². The summed E-state index contributed by atoms with van der Waals surface area (Å²) in [5.74, 6) is 1.09. The van der Waals surface area contributed by atoms with Crippen molar-refractivity contribution in [2.75, 3.05) is 55.9 Å². The number of nitrogens with one attached hydrogen (secondary N) is 2. The lowest BCUT2D eigenvalue weighted by Crippen LogP contribution is -2.37. The fourth-order valence-corrected chi connectivity index (χ4v) is 5.29.